The fraction of sp³-hybridized carbons (Fsp3) is 0.263. The van der Waals surface area contributed by atoms with E-state index in [1.54, 1.807) is 36.4 Å². The highest BCUT2D eigenvalue weighted by atomic mass is 32.2. The van der Waals surface area contributed by atoms with Crippen LogP contribution in [0.3, 0.4) is 0 Å². The number of nitrogens with one attached hydrogen (secondary N) is 3. The van der Waals surface area contributed by atoms with Gasteiger partial charge >= 0.3 is 6.03 Å². The van der Waals surface area contributed by atoms with Crippen molar-refractivity contribution in [3.63, 3.8) is 0 Å². The third kappa shape index (κ3) is 6.36. The Bertz CT molecular complexity index is 913. The molecule has 8 nitrogen and oxygen atoms in total. The fourth-order valence-electron chi connectivity index (χ4n) is 2.46. The summed E-state index contributed by atoms with van der Waals surface area (Å²) in [6, 6.07) is 13.6. The van der Waals surface area contributed by atoms with E-state index in [9.17, 15) is 18.0 Å². The van der Waals surface area contributed by atoms with Crippen molar-refractivity contribution in [3.8, 4) is 0 Å². The van der Waals surface area contributed by atoms with Crippen LogP contribution in [0.1, 0.15) is 19.4 Å². The summed E-state index contributed by atoms with van der Waals surface area (Å²) in [6.45, 7) is 3.84. The van der Waals surface area contributed by atoms with Crippen molar-refractivity contribution in [3.05, 3.63) is 60.2 Å². The van der Waals surface area contributed by atoms with Gasteiger partial charge in [0.25, 0.3) is 0 Å². The minimum atomic E-state index is -3.76. The molecule has 0 heterocycles. The number of primary sulfonamides is 1. The number of nitrogens with two attached hydrogens (primary N) is 1. The molecule has 0 saturated carbocycles. The summed E-state index contributed by atoms with van der Waals surface area (Å²) in [6.07, 6.45) is 0. The number of anilines is 1. The third-order valence-electron chi connectivity index (χ3n) is 3.99. The lowest BCUT2D eigenvalue weighted by atomic mass is 10.0. The summed E-state index contributed by atoms with van der Waals surface area (Å²) in [4.78, 5) is 24.7. The average molecular weight is 404 g/mol. The molecule has 1 atom stereocenters. The number of rotatable bonds is 7. The minimum absolute atomic E-state index is 0.00174. The van der Waals surface area contributed by atoms with Gasteiger partial charge in [0, 0.05) is 12.2 Å². The van der Waals surface area contributed by atoms with Crippen LogP contribution < -0.4 is 21.1 Å². The first-order valence-corrected chi connectivity index (χ1v) is 10.2. The fourth-order valence-corrected chi connectivity index (χ4v) is 2.98. The van der Waals surface area contributed by atoms with Crippen LogP contribution in [0.15, 0.2) is 59.5 Å². The first kappa shape index (κ1) is 21.4. The van der Waals surface area contributed by atoms with Gasteiger partial charge in [-0.3, -0.25) is 4.79 Å². The second-order valence-corrected chi connectivity index (χ2v) is 8.15. The topological polar surface area (TPSA) is 130 Å². The van der Waals surface area contributed by atoms with E-state index in [4.69, 9.17) is 5.14 Å². The second-order valence-electron chi connectivity index (χ2n) is 6.59. The van der Waals surface area contributed by atoms with Crippen molar-refractivity contribution >= 4 is 27.6 Å². The normalized spacial score (nSPS) is 12.3. The minimum Gasteiger partial charge on any atom is -0.350 e. The molecule has 150 valence electrons. The molecule has 28 heavy (non-hydrogen) atoms. The van der Waals surface area contributed by atoms with E-state index in [1.165, 1.54) is 12.1 Å². The van der Waals surface area contributed by atoms with E-state index >= 15 is 0 Å². The molecule has 5 N–H and O–H groups in total. The van der Waals surface area contributed by atoms with Gasteiger partial charge in [-0.1, -0.05) is 44.2 Å². The van der Waals surface area contributed by atoms with E-state index in [1.807, 2.05) is 19.9 Å². The summed E-state index contributed by atoms with van der Waals surface area (Å²) in [5.41, 5.74) is 1.33. The number of sulfonamides is 1. The smallest absolute Gasteiger partial charge is 0.319 e. The summed E-state index contributed by atoms with van der Waals surface area (Å²) >= 11 is 0. The van der Waals surface area contributed by atoms with Crippen LogP contribution in [0.25, 0.3) is 0 Å². The number of para-hydroxylation sites is 1. The zero-order valence-corrected chi connectivity index (χ0v) is 16.5. The van der Waals surface area contributed by atoms with Gasteiger partial charge in [0.15, 0.2) is 0 Å². The zero-order valence-electron chi connectivity index (χ0n) is 15.7. The van der Waals surface area contributed by atoms with E-state index in [-0.39, 0.29) is 23.3 Å². The molecule has 2 aromatic carbocycles. The molecule has 0 fully saturated rings. The van der Waals surface area contributed by atoms with E-state index in [0.717, 1.165) is 0 Å². The molecular weight excluding hydrogens is 380 g/mol. The van der Waals surface area contributed by atoms with E-state index in [0.29, 0.717) is 11.3 Å². The molecule has 0 aliphatic rings. The molecule has 0 aromatic heterocycles. The molecule has 0 radical (unpaired) electrons. The predicted octanol–water partition coefficient (Wildman–Crippen LogP) is 1.80. The number of carbonyl (C=O) groups excluding carboxylic acids is 2. The monoisotopic (exact) mass is 404 g/mol. The van der Waals surface area contributed by atoms with Gasteiger partial charge < -0.3 is 16.0 Å². The van der Waals surface area contributed by atoms with Gasteiger partial charge in [-0.2, -0.15) is 0 Å². The van der Waals surface area contributed by atoms with Gasteiger partial charge in [0.05, 0.1) is 4.90 Å². The number of benzene rings is 2. The lowest BCUT2D eigenvalue weighted by Crippen LogP contribution is -2.50. The first-order valence-electron chi connectivity index (χ1n) is 8.69. The van der Waals surface area contributed by atoms with Gasteiger partial charge in [0.1, 0.15) is 6.04 Å². The molecular formula is C19H24N4O4S. The van der Waals surface area contributed by atoms with Crippen LogP contribution in [0.5, 0.6) is 0 Å². The maximum Gasteiger partial charge on any atom is 0.319 e. The van der Waals surface area contributed by atoms with Gasteiger partial charge in [0.2, 0.25) is 15.9 Å². The molecule has 0 saturated heterocycles. The number of hydrogen-bond acceptors (Lipinski definition) is 4. The van der Waals surface area contributed by atoms with Crippen molar-refractivity contribution in [1.29, 1.82) is 0 Å². The molecule has 9 heteroatoms. The molecule has 0 aliphatic carbocycles. The number of amides is 3. The lowest BCUT2D eigenvalue weighted by Gasteiger charge is -2.22. The molecule has 0 aliphatic heterocycles. The lowest BCUT2D eigenvalue weighted by molar-refractivity contribution is -0.124. The maximum atomic E-state index is 12.5. The molecule has 2 rings (SSSR count). The second kappa shape index (κ2) is 9.34. The van der Waals surface area contributed by atoms with Crippen molar-refractivity contribution in [2.45, 2.75) is 31.3 Å². The molecule has 0 spiro atoms. The highest BCUT2D eigenvalue weighted by Gasteiger charge is 2.24. The van der Waals surface area contributed by atoms with Crippen LogP contribution in [0, 0.1) is 5.92 Å². The molecule has 2 aromatic rings. The van der Waals surface area contributed by atoms with Crippen molar-refractivity contribution in [2.24, 2.45) is 11.1 Å². The van der Waals surface area contributed by atoms with Crippen molar-refractivity contribution < 1.29 is 18.0 Å². The molecule has 3 amide bonds. The standard InChI is InChI=1S/C19H24N4O4S/c1-13(2)17(23-19(25)22-15-6-4-3-5-7-15)18(24)21-12-14-8-10-16(11-9-14)28(20,26)27/h3-11,13,17H,12H2,1-2H3,(H,21,24)(H2,20,26,27)(H2,22,23,25). The first-order chi connectivity index (χ1) is 13.2. The summed E-state index contributed by atoms with van der Waals surface area (Å²) < 4.78 is 22.5. The Morgan fingerprint density at radius 3 is 2.14 bits per heavy atom. The SMILES string of the molecule is CC(C)C(NC(=O)Nc1ccccc1)C(=O)NCc1ccc(S(N)(=O)=O)cc1. The largest absolute Gasteiger partial charge is 0.350 e. The predicted molar refractivity (Wildman–Crippen MR) is 107 cm³/mol. The Morgan fingerprint density at radius 1 is 1.00 bits per heavy atom. The summed E-state index contributed by atoms with van der Waals surface area (Å²) in [5, 5.41) is 13.2. The van der Waals surface area contributed by atoms with Crippen molar-refractivity contribution in [1.82, 2.24) is 10.6 Å². The Kier molecular flexibility index (Phi) is 7.13. The Morgan fingerprint density at radius 2 is 1.61 bits per heavy atom. The highest BCUT2D eigenvalue weighted by molar-refractivity contribution is 7.89. The van der Waals surface area contributed by atoms with E-state index in [2.05, 4.69) is 16.0 Å². The summed E-state index contributed by atoms with van der Waals surface area (Å²) in [7, 11) is -3.76. The van der Waals surface area contributed by atoms with Crippen LogP contribution in [-0.2, 0) is 21.4 Å². The Balaban J connectivity index is 1.94. The van der Waals surface area contributed by atoms with Gasteiger partial charge in [-0.05, 0) is 35.7 Å². The molecule has 0 bridgehead atoms. The van der Waals surface area contributed by atoms with E-state index < -0.39 is 22.1 Å². The maximum absolute atomic E-state index is 12.5. The number of urea groups is 1. The Labute approximate surface area is 164 Å². The van der Waals surface area contributed by atoms with Crippen LogP contribution >= 0.6 is 0 Å². The third-order valence-corrected chi connectivity index (χ3v) is 4.92. The number of hydrogen-bond donors (Lipinski definition) is 4. The quantitative estimate of drug-likeness (QED) is 0.560. The number of carbonyl (C=O) groups is 2. The average Bonchev–Trinajstić information content (AvgIpc) is 2.64. The Hall–Kier alpha value is -2.91. The van der Waals surface area contributed by atoms with Crippen LogP contribution in [-0.4, -0.2) is 26.4 Å². The highest BCUT2D eigenvalue weighted by Crippen LogP contribution is 2.10. The van der Waals surface area contributed by atoms with Crippen LogP contribution in [0.4, 0.5) is 10.5 Å². The van der Waals surface area contributed by atoms with Gasteiger partial charge in [-0.15, -0.1) is 0 Å². The van der Waals surface area contributed by atoms with Crippen LogP contribution in [0.2, 0.25) is 0 Å². The van der Waals surface area contributed by atoms with Crippen molar-refractivity contribution in [2.75, 3.05) is 5.32 Å². The molecule has 1 unspecified atom stereocenters. The zero-order chi connectivity index (χ0) is 20.7. The van der Waals surface area contributed by atoms with Gasteiger partial charge in [-0.25, -0.2) is 18.4 Å². The summed E-state index contributed by atoms with van der Waals surface area (Å²) in [5.74, 6) is -0.472.